The van der Waals surface area contributed by atoms with Gasteiger partial charge in [0.1, 0.15) is 11.6 Å². The van der Waals surface area contributed by atoms with Gasteiger partial charge in [0.2, 0.25) is 11.7 Å². The Morgan fingerprint density at radius 1 is 1.06 bits per heavy atom. The number of Topliss-reactive ketones (excluding diaryl/α,β-unsaturated/α-hetero) is 2. The van der Waals surface area contributed by atoms with Gasteiger partial charge in [-0.25, -0.2) is 0 Å². The lowest BCUT2D eigenvalue weighted by Crippen LogP contribution is -2.35. The Balaban J connectivity index is 1.85. The van der Waals surface area contributed by atoms with Crippen molar-refractivity contribution < 1.29 is 14.3 Å². The number of carbonyl (C=O) groups excluding carboxylic acids is 2. The van der Waals surface area contributed by atoms with Crippen LogP contribution in [0.4, 0.5) is 0 Å². The summed E-state index contributed by atoms with van der Waals surface area (Å²) in [5.41, 5.74) is 6.69. The maximum Gasteiger partial charge on any atom is 0.255 e. The number of ketones is 2. The number of pyridine rings is 1. The first-order chi connectivity index (χ1) is 16.0. The summed E-state index contributed by atoms with van der Waals surface area (Å²) < 4.78 is 7.02. The quantitative estimate of drug-likeness (QED) is 0.631. The number of para-hydroxylation sites is 1. The molecule has 1 aliphatic carbocycles. The lowest BCUT2D eigenvalue weighted by atomic mass is 9.75. The van der Waals surface area contributed by atoms with Gasteiger partial charge in [-0.2, -0.15) is 5.26 Å². The second-order valence-corrected chi connectivity index (χ2v) is 7.73. The van der Waals surface area contributed by atoms with Crippen LogP contribution in [0, 0.1) is 11.3 Å². The minimum absolute atomic E-state index is 0.0537. The van der Waals surface area contributed by atoms with Crippen LogP contribution in [0.1, 0.15) is 32.2 Å². The Bertz CT molecular complexity index is 1570. The largest absolute Gasteiger partial charge is 0.436 e. The molecular formula is C26H17N3O4. The van der Waals surface area contributed by atoms with Crippen LogP contribution in [-0.4, -0.2) is 16.1 Å². The molecule has 0 bridgehead atoms. The third-order valence-corrected chi connectivity index (χ3v) is 5.94. The average Bonchev–Trinajstić information content (AvgIpc) is 2.83. The summed E-state index contributed by atoms with van der Waals surface area (Å²) >= 11 is 0. The predicted octanol–water partition coefficient (Wildman–Crippen LogP) is 3.33. The highest BCUT2D eigenvalue weighted by atomic mass is 16.5. The Hall–Kier alpha value is -4.70. The van der Waals surface area contributed by atoms with E-state index in [1.54, 1.807) is 36.4 Å². The molecule has 7 nitrogen and oxygen atoms in total. The number of allylic oxidation sites excluding steroid dienone is 4. The molecule has 1 atom stereocenters. The van der Waals surface area contributed by atoms with Gasteiger partial charge in [-0.05, 0) is 17.5 Å². The molecule has 3 aromatic rings. The number of hydrogen-bond donors (Lipinski definition) is 1. The van der Waals surface area contributed by atoms with E-state index < -0.39 is 23.0 Å². The second kappa shape index (κ2) is 7.46. The molecule has 1 unspecified atom stereocenters. The highest BCUT2D eigenvalue weighted by Crippen LogP contribution is 2.43. The maximum atomic E-state index is 13.6. The van der Waals surface area contributed by atoms with E-state index >= 15 is 0 Å². The van der Waals surface area contributed by atoms with Gasteiger partial charge < -0.3 is 15.0 Å². The van der Waals surface area contributed by atoms with Crippen LogP contribution in [0.2, 0.25) is 0 Å². The Morgan fingerprint density at radius 2 is 1.73 bits per heavy atom. The number of nitriles is 1. The molecule has 0 saturated carbocycles. The number of fused-ring (bicyclic) bond motifs is 2. The van der Waals surface area contributed by atoms with E-state index in [0.717, 1.165) is 5.39 Å². The van der Waals surface area contributed by atoms with E-state index in [1.165, 1.54) is 10.6 Å². The molecule has 33 heavy (non-hydrogen) atoms. The minimum Gasteiger partial charge on any atom is -0.436 e. The van der Waals surface area contributed by atoms with Crippen molar-refractivity contribution in [3.63, 3.8) is 0 Å². The zero-order valence-corrected chi connectivity index (χ0v) is 17.4. The summed E-state index contributed by atoms with van der Waals surface area (Å²) in [6, 6.07) is 17.3. The van der Waals surface area contributed by atoms with Crippen molar-refractivity contribution in [1.82, 2.24) is 4.57 Å². The van der Waals surface area contributed by atoms with Crippen molar-refractivity contribution in [1.29, 1.82) is 5.26 Å². The normalized spacial score (nSPS) is 17.4. The van der Waals surface area contributed by atoms with Gasteiger partial charge in [-0.1, -0.05) is 48.5 Å². The van der Waals surface area contributed by atoms with Gasteiger partial charge in [0.05, 0.1) is 17.0 Å². The maximum absolute atomic E-state index is 13.6. The molecule has 0 amide bonds. The van der Waals surface area contributed by atoms with E-state index in [1.807, 2.05) is 24.3 Å². The van der Waals surface area contributed by atoms with E-state index in [9.17, 15) is 19.6 Å². The van der Waals surface area contributed by atoms with Crippen LogP contribution < -0.4 is 11.3 Å². The Kier molecular flexibility index (Phi) is 4.57. The number of aromatic nitrogens is 1. The molecule has 2 heterocycles. The molecule has 2 aromatic carbocycles. The first-order valence-corrected chi connectivity index (χ1v) is 10.2. The van der Waals surface area contributed by atoms with E-state index in [4.69, 9.17) is 10.5 Å². The highest BCUT2D eigenvalue weighted by molar-refractivity contribution is 6.27. The predicted molar refractivity (Wildman–Crippen MR) is 121 cm³/mol. The molecule has 5 rings (SSSR count). The van der Waals surface area contributed by atoms with Gasteiger partial charge in [-0.15, -0.1) is 6.58 Å². The number of benzene rings is 2. The molecule has 0 radical (unpaired) electrons. The lowest BCUT2D eigenvalue weighted by molar-refractivity contribution is 0.0897. The van der Waals surface area contributed by atoms with Crippen molar-refractivity contribution in [3.05, 3.63) is 117 Å². The number of nitrogens with zero attached hydrogens (tertiary/aromatic N) is 2. The molecule has 1 aromatic heterocycles. The monoisotopic (exact) mass is 435 g/mol. The van der Waals surface area contributed by atoms with Crippen molar-refractivity contribution in [2.75, 3.05) is 0 Å². The fraction of sp³-hybridized carbons (Fsp3) is 0.0769. The van der Waals surface area contributed by atoms with Crippen LogP contribution >= 0.6 is 0 Å². The number of rotatable bonds is 3. The van der Waals surface area contributed by atoms with Crippen LogP contribution in [0.15, 0.2) is 94.8 Å². The van der Waals surface area contributed by atoms with Crippen molar-refractivity contribution in [2.24, 2.45) is 5.73 Å². The SMILES string of the molecule is C=CCn1c(=O)c(C2C(C#N)=C(N)OC3=C2C(=O)c2ccccc2C3=O)cc2ccccc21. The third kappa shape index (κ3) is 2.85. The number of ether oxygens (including phenoxy) is 1. The van der Waals surface area contributed by atoms with Crippen LogP contribution in [0.5, 0.6) is 0 Å². The molecule has 1 aliphatic heterocycles. The number of carbonyl (C=O) groups is 2. The number of hydrogen-bond acceptors (Lipinski definition) is 6. The van der Waals surface area contributed by atoms with Crippen LogP contribution in [-0.2, 0) is 11.3 Å². The zero-order valence-electron chi connectivity index (χ0n) is 17.4. The smallest absolute Gasteiger partial charge is 0.255 e. The first kappa shape index (κ1) is 20.2. The summed E-state index contributed by atoms with van der Waals surface area (Å²) in [6.07, 6.45) is 1.59. The average molecular weight is 435 g/mol. The second-order valence-electron chi connectivity index (χ2n) is 7.73. The lowest BCUT2D eigenvalue weighted by Gasteiger charge is -2.31. The molecule has 0 fully saturated rings. The zero-order chi connectivity index (χ0) is 23.3. The summed E-state index contributed by atoms with van der Waals surface area (Å²) in [5.74, 6) is -2.69. The topological polar surface area (TPSA) is 115 Å². The fourth-order valence-corrected chi connectivity index (χ4v) is 4.48. The summed E-state index contributed by atoms with van der Waals surface area (Å²) in [4.78, 5) is 40.4. The van der Waals surface area contributed by atoms with Gasteiger partial charge >= 0.3 is 0 Å². The van der Waals surface area contributed by atoms with Crippen molar-refractivity contribution in [2.45, 2.75) is 12.5 Å². The summed E-state index contributed by atoms with van der Waals surface area (Å²) in [6.45, 7) is 3.95. The molecule has 2 N–H and O–H groups in total. The van der Waals surface area contributed by atoms with E-state index in [2.05, 4.69) is 6.58 Å². The molecule has 0 saturated heterocycles. The van der Waals surface area contributed by atoms with E-state index in [0.29, 0.717) is 5.52 Å². The summed E-state index contributed by atoms with van der Waals surface area (Å²) in [5, 5.41) is 10.6. The number of nitrogens with two attached hydrogens (primary N) is 1. The molecular weight excluding hydrogens is 418 g/mol. The van der Waals surface area contributed by atoms with Gasteiger partial charge in [-0.3, -0.25) is 14.4 Å². The van der Waals surface area contributed by atoms with Gasteiger partial charge in [0, 0.05) is 23.2 Å². The first-order valence-electron chi connectivity index (χ1n) is 10.2. The van der Waals surface area contributed by atoms with Crippen LogP contribution in [0.3, 0.4) is 0 Å². The minimum atomic E-state index is -1.14. The molecule has 0 spiro atoms. The molecule has 7 heteroatoms. The summed E-state index contributed by atoms with van der Waals surface area (Å²) in [7, 11) is 0. The van der Waals surface area contributed by atoms with Gasteiger partial charge in [0.25, 0.3) is 5.56 Å². The van der Waals surface area contributed by atoms with Crippen molar-refractivity contribution >= 4 is 22.5 Å². The Morgan fingerprint density at radius 3 is 2.42 bits per heavy atom. The van der Waals surface area contributed by atoms with Crippen molar-refractivity contribution in [3.8, 4) is 6.07 Å². The van der Waals surface area contributed by atoms with Crippen LogP contribution in [0.25, 0.3) is 10.9 Å². The van der Waals surface area contributed by atoms with E-state index in [-0.39, 0.29) is 46.0 Å². The Labute approximate surface area is 188 Å². The van der Waals surface area contributed by atoms with Gasteiger partial charge in [0.15, 0.2) is 11.5 Å². The standard InChI is InChI=1S/C26H17N3O4/c1-2-11-29-19-10-6-3-7-14(19)12-17(26(29)32)20-18(13-27)25(28)33-24-21(20)22(30)15-8-4-5-9-16(15)23(24)31/h2-10,12,20H,1,11,28H2. The molecule has 160 valence electrons. The third-order valence-electron chi connectivity index (χ3n) is 5.94. The fourth-order valence-electron chi connectivity index (χ4n) is 4.48. The highest BCUT2D eigenvalue weighted by Gasteiger charge is 2.44. The molecule has 2 aliphatic rings.